The Morgan fingerprint density at radius 2 is 2.00 bits per heavy atom. The fraction of sp³-hybridized carbons (Fsp3) is 0.467. The molecular weight excluding hydrogens is 210 g/mol. The minimum Gasteiger partial charge on any atom is -0.494 e. The topological polar surface area (TPSA) is 21.3 Å². The third-order valence-corrected chi connectivity index (χ3v) is 3.04. The van der Waals surface area contributed by atoms with Gasteiger partial charge >= 0.3 is 0 Å². The van der Waals surface area contributed by atoms with Gasteiger partial charge in [-0.2, -0.15) is 0 Å². The van der Waals surface area contributed by atoms with Gasteiger partial charge in [-0.15, -0.1) is 0 Å². The highest BCUT2D eigenvalue weighted by molar-refractivity contribution is 5.20. The van der Waals surface area contributed by atoms with Gasteiger partial charge in [0.1, 0.15) is 5.75 Å². The van der Waals surface area contributed by atoms with Crippen molar-refractivity contribution in [3.63, 3.8) is 0 Å². The van der Waals surface area contributed by atoms with E-state index in [-0.39, 0.29) is 0 Å². The molecule has 1 aromatic rings. The minimum absolute atomic E-state index is 0.616. The fourth-order valence-electron chi connectivity index (χ4n) is 2.07. The number of ether oxygens (including phenoxy) is 1. The van der Waals surface area contributed by atoms with Crippen LogP contribution in [0.2, 0.25) is 0 Å². The zero-order valence-corrected chi connectivity index (χ0v) is 10.3. The second-order valence-corrected chi connectivity index (χ2v) is 4.45. The standard InChI is InChI=1S/C15H21NO/c1-4-10-15(11-5-1)17-13-6-2-3-8-14-9-7-12-16-14/h1,4-5,7,9-11,14,16H,2-3,6,8,12-13H2. The van der Waals surface area contributed by atoms with Crippen molar-refractivity contribution in [2.45, 2.75) is 31.7 Å². The van der Waals surface area contributed by atoms with Gasteiger partial charge in [-0.1, -0.05) is 36.8 Å². The van der Waals surface area contributed by atoms with Gasteiger partial charge in [-0.05, 0) is 31.4 Å². The summed E-state index contributed by atoms with van der Waals surface area (Å²) in [4.78, 5) is 0. The highest BCUT2D eigenvalue weighted by Crippen LogP contribution is 2.11. The average Bonchev–Trinajstić information content (AvgIpc) is 2.88. The molecule has 0 amide bonds. The molecule has 0 spiro atoms. The quantitative estimate of drug-likeness (QED) is 0.575. The Bertz CT molecular complexity index is 334. The lowest BCUT2D eigenvalue weighted by atomic mass is 10.1. The van der Waals surface area contributed by atoms with Crippen molar-refractivity contribution in [2.75, 3.05) is 13.2 Å². The zero-order chi connectivity index (χ0) is 11.8. The molecule has 92 valence electrons. The van der Waals surface area contributed by atoms with Gasteiger partial charge in [0.25, 0.3) is 0 Å². The molecule has 17 heavy (non-hydrogen) atoms. The van der Waals surface area contributed by atoms with Crippen LogP contribution in [0.25, 0.3) is 0 Å². The van der Waals surface area contributed by atoms with Gasteiger partial charge in [-0.3, -0.25) is 0 Å². The van der Waals surface area contributed by atoms with E-state index in [1.807, 2.05) is 30.3 Å². The van der Waals surface area contributed by atoms with E-state index in [2.05, 4.69) is 17.5 Å². The number of hydrogen-bond donors (Lipinski definition) is 1. The summed E-state index contributed by atoms with van der Waals surface area (Å²) in [6, 6.07) is 10.7. The molecule has 1 heterocycles. The summed E-state index contributed by atoms with van der Waals surface area (Å²) in [6.45, 7) is 1.87. The van der Waals surface area contributed by atoms with Crippen LogP contribution in [0.5, 0.6) is 5.75 Å². The first-order chi connectivity index (χ1) is 8.45. The molecule has 0 aromatic heterocycles. The van der Waals surface area contributed by atoms with Gasteiger partial charge in [0.15, 0.2) is 0 Å². The van der Waals surface area contributed by atoms with Crippen molar-refractivity contribution in [1.82, 2.24) is 5.32 Å². The van der Waals surface area contributed by atoms with Gasteiger partial charge in [0.2, 0.25) is 0 Å². The summed E-state index contributed by atoms with van der Waals surface area (Å²) in [5.74, 6) is 0.980. The number of rotatable bonds is 7. The smallest absolute Gasteiger partial charge is 0.119 e. The van der Waals surface area contributed by atoms with Crippen LogP contribution in [0.15, 0.2) is 42.5 Å². The molecule has 2 heteroatoms. The van der Waals surface area contributed by atoms with Crippen molar-refractivity contribution >= 4 is 0 Å². The van der Waals surface area contributed by atoms with Crippen LogP contribution in [-0.2, 0) is 0 Å². The molecule has 1 atom stereocenters. The maximum atomic E-state index is 5.65. The summed E-state index contributed by atoms with van der Waals surface area (Å²) < 4.78 is 5.65. The molecule has 0 saturated carbocycles. The van der Waals surface area contributed by atoms with Crippen LogP contribution < -0.4 is 10.1 Å². The Kier molecular flexibility index (Phi) is 5.11. The summed E-state index contributed by atoms with van der Waals surface area (Å²) in [7, 11) is 0. The van der Waals surface area contributed by atoms with E-state index in [9.17, 15) is 0 Å². The predicted molar refractivity (Wildman–Crippen MR) is 71.3 cm³/mol. The number of hydrogen-bond acceptors (Lipinski definition) is 2. The van der Waals surface area contributed by atoms with Crippen molar-refractivity contribution in [3.8, 4) is 5.75 Å². The summed E-state index contributed by atoms with van der Waals surface area (Å²) in [6.07, 6.45) is 9.41. The molecule has 0 aliphatic carbocycles. The fourth-order valence-corrected chi connectivity index (χ4v) is 2.07. The maximum Gasteiger partial charge on any atom is 0.119 e. The van der Waals surface area contributed by atoms with E-state index in [0.29, 0.717) is 6.04 Å². The Labute approximate surface area is 104 Å². The van der Waals surface area contributed by atoms with Crippen molar-refractivity contribution in [2.24, 2.45) is 0 Å². The number of para-hydroxylation sites is 1. The van der Waals surface area contributed by atoms with E-state index < -0.39 is 0 Å². The Morgan fingerprint density at radius 3 is 2.76 bits per heavy atom. The van der Waals surface area contributed by atoms with E-state index in [0.717, 1.165) is 25.3 Å². The van der Waals surface area contributed by atoms with Crippen LogP contribution in [0.1, 0.15) is 25.7 Å². The molecule has 1 aliphatic heterocycles. The molecule has 0 bridgehead atoms. The van der Waals surface area contributed by atoms with Crippen LogP contribution >= 0.6 is 0 Å². The van der Waals surface area contributed by atoms with E-state index in [4.69, 9.17) is 4.74 Å². The highest BCUT2D eigenvalue weighted by Gasteiger charge is 2.06. The first kappa shape index (κ1) is 12.2. The van der Waals surface area contributed by atoms with Crippen LogP contribution in [0.4, 0.5) is 0 Å². The SMILES string of the molecule is C1=CC(CCCCCOc2ccccc2)NC1. The zero-order valence-electron chi connectivity index (χ0n) is 10.3. The number of unbranched alkanes of at least 4 members (excludes halogenated alkanes) is 2. The first-order valence-corrected chi connectivity index (χ1v) is 6.53. The molecule has 2 rings (SSSR count). The van der Waals surface area contributed by atoms with E-state index in [1.54, 1.807) is 0 Å². The summed E-state index contributed by atoms with van der Waals surface area (Å²) in [5, 5.41) is 3.43. The monoisotopic (exact) mass is 231 g/mol. The second-order valence-electron chi connectivity index (χ2n) is 4.45. The molecule has 1 N–H and O–H groups in total. The van der Waals surface area contributed by atoms with Crippen LogP contribution in [0, 0.1) is 0 Å². The van der Waals surface area contributed by atoms with Crippen LogP contribution in [-0.4, -0.2) is 19.2 Å². The molecule has 0 saturated heterocycles. The molecule has 0 fully saturated rings. The van der Waals surface area contributed by atoms with Crippen molar-refractivity contribution in [1.29, 1.82) is 0 Å². The lowest BCUT2D eigenvalue weighted by Gasteiger charge is -2.09. The number of benzene rings is 1. The first-order valence-electron chi connectivity index (χ1n) is 6.53. The summed E-state index contributed by atoms with van der Waals surface area (Å²) >= 11 is 0. The minimum atomic E-state index is 0.616. The molecule has 1 aliphatic rings. The van der Waals surface area contributed by atoms with Gasteiger partial charge in [0, 0.05) is 12.6 Å². The summed E-state index contributed by atoms with van der Waals surface area (Å²) in [5.41, 5.74) is 0. The molecule has 1 unspecified atom stereocenters. The second kappa shape index (κ2) is 7.13. The van der Waals surface area contributed by atoms with Crippen molar-refractivity contribution in [3.05, 3.63) is 42.5 Å². The van der Waals surface area contributed by atoms with E-state index in [1.165, 1.54) is 19.3 Å². The lowest BCUT2D eigenvalue weighted by Crippen LogP contribution is -2.21. The third-order valence-electron chi connectivity index (χ3n) is 3.04. The molecule has 2 nitrogen and oxygen atoms in total. The Balaban J connectivity index is 1.48. The van der Waals surface area contributed by atoms with Crippen LogP contribution in [0.3, 0.4) is 0 Å². The van der Waals surface area contributed by atoms with Gasteiger partial charge < -0.3 is 10.1 Å². The number of nitrogens with one attached hydrogen (secondary N) is 1. The molecule has 1 aromatic carbocycles. The lowest BCUT2D eigenvalue weighted by molar-refractivity contribution is 0.304. The van der Waals surface area contributed by atoms with E-state index >= 15 is 0 Å². The normalized spacial score (nSPS) is 18.5. The Hall–Kier alpha value is -1.28. The van der Waals surface area contributed by atoms with Gasteiger partial charge in [0.05, 0.1) is 6.61 Å². The molecular formula is C15H21NO. The predicted octanol–water partition coefficient (Wildman–Crippen LogP) is 3.15. The Morgan fingerprint density at radius 1 is 1.12 bits per heavy atom. The largest absolute Gasteiger partial charge is 0.494 e. The maximum absolute atomic E-state index is 5.65. The van der Waals surface area contributed by atoms with Gasteiger partial charge in [-0.25, -0.2) is 0 Å². The van der Waals surface area contributed by atoms with Crippen molar-refractivity contribution < 1.29 is 4.74 Å². The highest BCUT2D eigenvalue weighted by atomic mass is 16.5. The average molecular weight is 231 g/mol. The third kappa shape index (κ3) is 4.61. The molecule has 0 radical (unpaired) electrons.